The molecule has 0 atom stereocenters. The number of esters is 2. The van der Waals surface area contributed by atoms with Gasteiger partial charge in [0.25, 0.3) is 11.5 Å². The molecule has 0 unspecified atom stereocenters. The SMILES string of the molecule is CC1(C)OC(=O)C(=CNc2cc3c(cc2[N+](=O)[O-])OCO3)C(=O)O1. The van der Waals surface area contributed by atoms with E-state index in [1.165, 1.54) is 26.0 Å². The fraction of sp³-hybridized carbons (Fsp3) is 0.286. The molecule has 0 radical (unpaired) electrons. The standard InChI is InChI=1S/C14H12N2O8/c1-14(2)23-12(17)7(13(18)24-14)5-15-8-3-10-11(22-6-21-10)4-9(8)16(19)20/h3-5,15H,6H2,1-2H3. The average molecular weight is 336 g/mol. The lowest BCUT2D eigenvalue weighted by atomic mass is 10.2. The van der Waals surface area contributed by atoms with E-state index in [9.17, 15) is 19.7 Å². The summed E-state index contributed by atoms with van der Waals surface area (Å²) >= 11 is 0. The smallest absolute Gasteiger partial charge is 0.350 e. The van der Waals surface area contributed by atoms with Crippen molar-refractivity contribution in [3.8, 4) is 11.5 Å². The van der Waals surface area contributed by atoms with Gasteiger partial charge in [-0.1, -0.05) is 0 Å². The summed E-state index contributed by atoms with van der Waals surface area (Å²) in [4.78, 5) is 34.2. The van der Waals surface area contributed by atoms with E-state index in [1.54, 1.807) is 0 Å². The van der Waals surface area contributed by atoms with Crippen LogP contribution in [0.2, 0.25) is 0 Å². The molecular weight excluding hydrogens is 324 g/mol. The zero-order valence-electron chi connectivity index (χ0n) is 12.7. The number of hydrogen-bond donors (Lipinski definition) is 1. The van der Waals surface area contributed by atoms with E-state index in [1.807, 2.05) is 0 Å². The molecule has 10 nitrogen and oxygen atoms in total. The Hall–Kier alpha value is -3.30. The molecule has 1 N–H and O–H groups in total. The number of carbonyl (C=O) groups is 2. The Bertz CT molecular complexity index is 761. The van der Waals surface area contributed by atoms with Crippen molar-refractivity contribution >= 4 is 23.3 Å². The summed E-state index contributed by atoms with van der Waals surface area (Å²) < 4.78 is 20.1. The van der Waals surface area contributed by atoms with E-state index in [-0.39, 0.29) is 23.9 Å². The second-order valence-electron chi connectivity index (χ2n) is 5.36. The number of nitro groups is 1. The highest BCUT2D eigenvalue weighted by Crippen LogP contribution is 2.40. The summed E-state index contributed by atoms with van der Waals surface area (Å²) in [6.45, 7) is 2.77. The molecule has 24 heavy (non-hydrogen) atoms. The van der Waals surface area contributed by atoms with Crippen molar-refractivity contribution < 1.29 is 33.5 Å². The third-order valence-corrected chi connectivity index (χ3v) is 3.18. The highest BCUT2D eigenvalue weighted by Gasteiger charge is 2.39. The highest BCUT2D eigenvalue weighted by atomic mass is 16.7. The number of cyclic esters (lactones) is 2. The van der Waals surface area contributed by atoms with E-state index in [0.717, 1.165) is 6.20 Å². The second kappa shape index (κ2) is 5.41. The van der Waals surface area contributed by atoms with Crippen LogP contribution in [0.15, 0.2) is 23.9 Å². The number of benzene rings is 1. The van der Waals surface area contributed by atoms with Crippen LogP contribution in [-0.2, 0) is 19.1 Å². The first kappa shape index (κ1) is 15.6. The van der Waals surface area contributed by atoms with Gasteiger partial charge in [-0.25, -0.2) is 9.59 Å². The number of anilines is 1. The van der Waals surface area contributed by atoms with Gasteiger partial charge < -0.3 is 24.3 Å². The van der Waals surface area contributed by atoms with E-state index in [4.69, 9.17) is 18.9 Å². The second-order valence-corrected chi connectivity index (χ2v) is 5.36. The summed E-state index contributed by atoms with van der Waals surface area (Å²) in [6, 6.07) is 2.52. The van der Waals surface area contributed by atoms with Crippen LogP contribution in [-0.4, -0.2) is 29.4 Å². The summed E-state index contributed by atoms with van der Waals surface area (Å²) in [6.07, 6.45) is 0.991. The van der Waals surface area contributed by atoms with Crippen LogP contribution in [0.1, 0.15) is 13.8 Å². The number of hydrogen-bond acceptors (Lipinski definition) is 9. The molecule has 0 saturated carbocycles. The van der Waals surface area contributed by atoms with Crippen molar-refractivity contribution in [3.63, 3.8) is 0 Å². The summed E-state index contributed by atoms with van der Waals surface area (Å²) in [5.41, 5.74) is -0.711. The molecule has 0 amide bonds. The first-order valence-electron chi connectivity index (χ1n) is 6.78. The highest BCUT2D eigenvalue weighted by molar-refractivity contribution is 6.15. The molecular formula is C14H12N2O8. The summed E-state index contributed by atoms with van der Waals surface area (Å²) in [7, 11) is 0. The minimum absolute atomic E-state index is 0.0159. The molecule has 2 heterocycles. The molecule has 0 aromatic heterocycles. The van der Waals surface area contributed by atoms with Crippen molar-refractivity contribution in [3.05, 3.63) is 34.0 Å². The zero-order valence-corrected chi connectivity index (χ0v) is 12.7. The van der Waals surface area contributed by atoms with Crippen molar-refractivity contribution in [2.24, 2.45) is 0 Å². The molecule has 1 saturated heterocycles. The minimum atomic E-state index is -1.36. The summed E-state index contributed by atoms with van der Waals surface area (Å²) in [5.74, 6) is -2.62. The van der Waals surface area contributed by atoms with Gasteiger partial charge in [-0.15, -0.1) is 0 Å². The van der Waals surface area contributed by atoms with Crippen molar-refractivity contribution in [2.75, 3.05) is 12.1 Å². The first-order valence-corrected chi connectivity index (χ1v) is 6.78. The lowest BCUT2D eigenvalue weighted by Crippen LogP contribution is -2.42. The average Bonchev–Trinajstić information content (AvgIpc) is 2.91. The van der Waals surface area contributed by atoms with Gasteiger partial charge in [-0.3, -0.25) is 10.1 Å². The van der Waals surface area contributed by atoms with E-state index >= 15 is 0 Å². The van der Waals surface area contributed by atoms with Crippen LogP contribution in [0.5, 0.6) is 11.5 Å². The molecule has 0 aliphatic carbocycles. The van der Waals surface area contributed by atoms with Crippen molar-refractivity contribution in [2.45, 2.75) is 19.6 Å². The van der Waals surface area contributed by atoms with Crippen LogP contribution in [0.4, 0.5) is 11.4 Å². The lowest BCUT2D eigenvalue weighted by Gasteiger charge is -2.29. The fourth-order valence-corrected chi connectivity index (χ4v) is 2.13. The van der Waals surface area contributed by atoms with E-state index in [2.05, 4.69) is 5.32 Å². The van der Waals surface area contributed by atoms with Crippen LogP contribution >= 0.6 is 0 Å². The fourth-order valence-electron chi connectivity index (χ4n) is 2.13. The molecule has 1 fully saturated rings. The van der Waals surface area contributed by atoms with Gasteiger partial charge in [0, 0.05) is 26.1 Å². The van der Waals surface area contributed by atoms with Crippen LogP contribution < -0.4 is 14.8 Å². The van der Waals surface area contributed by atoms with Gasteiger partial charge in [0.1, 0.15) is 5.69 Å². The van der Waals surface area contributed by atoms with Crippen LogP contribution in [0.3, 0.4) is 0 Å². The van der Waals surface area contributed by atoms with Gasteiger partial charge in [0.05, 0.1) is 11.0 Å². The number of fused-ring (bicyclic) bond motifs is 1. The molecule has 1 aromatic rings. The number of carbonyl (C=O) groups excluding carboxylic acids is 2. The zero-order chi connectivity index (χ0) is 17.5. The van der Waals surface area contributed by atoms with E-state index in [0.29, 0.717) is 5.75 Å². The Balaban J connectivity index is 1.90. The molecule has 0 bridgehead atoms. The van der Waals surface area contributed by atoms with Crippen LogP contribution in [0, 0.1) is 10.1 Å². The maximum absolute atomic E-state index is 11.8. The molecule has 3 rings (SSSR count). The number of rotatable bonds is 3. The van der Waals surface area contributed by atoms with Gasteiger partial charge in [0.15, 0.2) is 17.1 Å². The molecule has 126 valence electrons. The maximum atomic E-state index is 11.8. The molecule has 10 heteroatoms. The molecule has 1 aromatic carbocycles. The third-order valence-electron chi connectivity index (χ3n) is 3.18. The number of ether oxygens (including phenoxy) is 4. The number of nitrogens with one attached hydrogen (secondary N) is 1. The van der Waals surface area contributed by atoms with Gasteiger partial charge >= 0.3 is 11.9 Å². The van der Waals surface area contributed by atoms with Gasteiger partial charge in [-0.05, 0) is 0 Å². The molecule has 2 aliphatic heterocycles. The normalized spacial score (nSPS) is 17.8. The monoisotopic (exact) mass is 336 g/mol. The molecule has 0 spiro atoms. The Kier molecular flexibility index (Phi) is 3.51. The Morgan fingerprint density at radius 1 is 1.17 bits per heavy atom. The van der Waals surface area contributed by atoms with Crippen molar-refractivity contribution in [1.82, 2.24) is 0 Å². The van der Waals surface area contributed by atoms with Gasteiger partial charge in [-0.2, -0.15) is 0 Å². The van der Waals surface area contributed by atoms with E-state index < -0.39 is 28.2 Å². The minimum Gasteiger partial charge on any atom is -0.454 e. The lowest BCUT2D eigenvalue weighted by molar-refractivity contribution is -0.384. The number of nitrogens with zero attached hydrogens (tertiary/aromatic N) is 1. The third kappa shape index (κ3) is 2.81. The quantitative estimate of drug-likeness (QED) is 0.287. The van der Waals surface area contributed by atoms with Crippen molar-refractivity contribution in [1.29, 1.82) is 0 Å². The maximum Gasteiger partial charge on any atom is 0.350 e. The predicted molar refractivity (Wildman–Crippen MR) is 77.2 cm³/mol. The predicted octanol–water partition coefficient (Wildman–Crippen LogP) is 1.46. The van der Waals surface area contributed by atoms with Gasteiger partial charge in [0.2, 0.25) is 6.79 Å². The van der Waals surface area contributed by atoms with Crippen LogP contribution in [0.25, 0.3) is 0 Å². The largest absolute Gasteiger partial charge is 0.454 e. The summed E-state index contributed by atoms with van der Waals surface area (Å²) in [5, 5.41) is 13.7. The Morgan fingerprint density at radius 3 is 2.33 bits per heavy atom. The number of nitro benzene ring substituents is 1. The topological polar surface area (TPSA) is 126 Å². The Morgan fingerprint density at radius 2 is 1.75 bits per heavy atom. The Labute approximate surface area is 135 Å². The molecule has 2 aliphatic rings. The first-order chi connectivity index (χ1) is 11.3.